The van der Waals surface area contributed by atoms with Gasteiger partial charge < -0.3 is 0 Å². The van der Waals surface area contributed by atoms with Crippen LogP contribution in [-0.4, -0.2) is 8.11 Å². The maximum absolute atomic E-state index is 6.58. The summed E-state index contributed by atoms with van der Waals surface area (Å²) in [4.78, 5) is 0. The van der Waals surface area contributed by atoms with Crippen molar-refractivity contribution in [3.05, 3.63) is 71.8 Å². The van der Waals surface area contributed by atoms with Gasteiger partial charge in [-0.3, -0.25) is 0 Å². The highest BCUT2D eigenvalue weighted by molar-refractivity contribution is 7.07. The Morgan fingerprint density at radius 2 is 1.53 bits per heavy atom. The zero-order valence-electron chi connectivity index (χ0n) is 11.4. The standard InChI is InChI=1S/C17H20ClSi/c1-15(17-10-6-3-7-11-17)14-19(18)13-12-16-8-4-2-5-9-16/h2-11,15H,12-14H2,1H3. The molecule has 0 aliphatic carbocycles. The van der Waals surface area contributed by atoms with Crippen LogP contribution in [0.5, 0.6) is 0 Å². The van der Waals surface area contributed by atoms with Gasteiger partial charge in [-0.05, 0) is 35.6 Å². The highest BCUT2D eigenvalue weighted by Crippen LogP contribution is 2.24. The molecule has 99 valence electrons. The second-order valence-electron chi connectivity index (χ2n) is 5.02. The molecule has 0 N–H and O–H groups in total. The molecule has 0 saturated carbocycles. The summed E-state index contributed by atoms with van der Waals surface area (Å²) in [5, 5.41) is 0. The van der Waals surface area contributed by atoms with Crippen LogP contribution in [0.2, 0.25) is 12.1 Å². The number of rotatable bonds is 6. The minimum Gasteiger partial charge on any atom is -0.169 e. The topological polar surface area (TPSA) is 0 Å². The van der Waals surface area contributed by atoms with Crippen molar-refractivity contribution in [2.45, 2.75) is 31.4 Å². The zero-order valence-corrected chi connectivity index (χ0v) is 13.1. The average molecular weight is 288 g/mol. The fourth-order valence-corrected chi connectivity index (χ4v) is 4.90. The molecule has 2 aromatic rings. The smallest absolute Gasteiger partial charge is 0.166 e. The van der Waals surface area contributed by atoms with Crippen LogP contribution in [0.4, 0.5) is 0 Å². The van der Waals surface area contributed by atoms with E-state index in [2.05, 4.69) is 67.6 Å². The minimum absolute atomic E-state index is 0.573. The molecule has 1 unspecified atom stereocenters. The molecule has 0 heterocycles. The zero-order chi connectivity index (χ0) is 13.5. The highest BCUT2D eigenvalue weighted by Gasteiger charge is 2.14. The van der Waals surface area contributed by atoms with Crippen molar-refractivity contribution < 1.29 is 0 Å². The van der Waals surface area contributed by atoms with Crippen LogP contribution < -0.4 is 0 Å². The Morgan fingerprint density at radius 1 is 0.947 bits per heavy atom. The lowest BCUT2D eigenvalue weighted by atomic mass is 10.0. The van der Waals surface area contributed by atoms with Crippen LogP contribution in [0.15, 0.2) is 60.7 Å². The Bertz CT molecular complexity index is 469. The predicted octanol–water partition coefficient (Wildman–Crippen LogP) is 5.26. The molecule has 0 aromatic heterocycles. The Balaban J connectivity index is 1.80. The first-order chi connectivity index (χ1) is 9.25. The summed E-state index contributed by atoms with van der Waals surface area (Å²) in [6.07, 6.45) is 1.11. The predicted molar refractivity (Wildman–Crippen MR) is 86.2 cm³/mol. The molecule has 2 heteroatoms. The molecule has 1 atom stereocenters. The molecule has 0 saturated heterocycles. The number of halogens is 1. The van der Waals surface area contributed by atoms with Gasteiger partial charge in [0.25, 0.3) is 0 Å². The van der Waals surface area contributed by atoms with E-state index in [0.717, 1.165) is 18.5 Å². The van der Waals surface area contributed by atoms with E-state index in [0.29, 0.717) is 5.92 Å². The van der Waals surface area contributed by atoms with E-state index in [1.54, 1.807) is 0 Å². The molecular formula is C17H20ClSi. The van der Waals surface area contributed by atoms with Crippen LogP contribution in [-0.2, 0) is 6.42 Å². The van der Waals surface area contributed by atoms with Crippen molar-refractivity contribution in [1.82, 2.24) is 0 Å². The normalized spacial score (nSPS) is 12.6. The van der Waals surface area contributed by atoms with Crippen molar-refractivity contribution in [1.29, 1.82) is 0 Å². The molecule has 0 bridgehead atoms. The molecule has 0 fully saturated rings. The van der Waals surface area contributed by atoms with Crippen molar-refractivity contribution in [3.63, 3.8) is 0 Å². The Morgan fingerprint density at radius 3 is 2.16 bits per heavy atom. The van der Waals surface area contributed by atoms with Crippen molar-refractivity contribution in [2.24, 2.45) is 0 Å². The highest BCUT2D eigenvalue weighted by atomic mass is 35.6. The first-order valence-corrected chi connectivity index (χ1v) is 9.77. The largest absolute Gasteiger partial charge is 0.169 e. The summed E-state index contributed by atoms with van der Waals surface area (Å²) in [6, 6.07) is 23.6. The Labute approximate surface area is 122 Å². The lowest BCUT2D eigenvalue weighted by Gasteiger charge is -2.14. The lowest BCUT2D eigenvalue weighted by molar-refractivity contribution is 0.851. The lowest BCUT2D eigenvalue weighted by Crippen LogP contribution is -2.09. The first-order valence-electron chi connectivity index (χ1n) is 6.85. The minimum atomic E-state index is -0.761. The first kappa shape index (κ1) is 14.4. The third kappa shape index (κ3) is 4.85. The van der Waals surface area contributed by atoms with Gasteiger partial charge in [0.2, 0.25) is 0 Å². The van der Waals surface area contributed by atoms with E-state index in [1.165, 1.54) is 11.1 Å². The van der Waals surface area contributed by atoms with Gasteiger partial charge in [-0.15, -0.1) is 0 Å². The molecule has 1 radical (unpaired) electrons. The van der Waals surface area contributed by atoms with Crippen LogP contribution in [0.3, 0.4) is 0 Å². The van der Waals surface area contributed by atoms with Gasteiger partial charge in [-0.1, -0.05) is 67.6 Å². The molecule has 0 aliphatic heterocycles. The summed E-state index contributed by atoms with van der Waals surface area (Å²) in [5.74, 6) is 0.573. The SMILES string of the molecule is CC(C[Si](Cl)CCc1ccccc1)c1ccccc1. The summed E-state index contributed by atoms with van der Waals surface area (Å²) < 4.78 is 0. The van der Waals surface area contributed by atoms with Crippen molar-refractivity contribution >= 4 is 19.2 Å². The van der Waals surface area contributed by atoms with Gasteiger partial charge in [-0.25, -0.2) is 0 Å². The molecular weight excluding hydrogens is 268 g/mol. The monoisotopic (exact) mass is 287 g/mol. The fourth-order valence-electron chi connectivity index (χ4n) is 2.26. The number of hydrogen-bond donors (Lipinski definition) is 0. The van der Waals surface area contributed by atoms with E-state index in [4.69, 9.17) is 11.1 Å². The summed E-state index contributed by atoms with van der Waals surface area (Å²) >= 11 is 6.58. The fraction of sp³-hybridized carbons (Fsp3) is 0.294. The molecule has 0 nitrogen and oxygen atoms in total. The van der Waals surface area contributed by atoms with Crippen LogP contribution in [0.25, 0.3) is 0 Å². The molecule has 0 aliphatic rings. The van der Waals surface area contributed by atoms with Gasteiger partial charge in [0.15, 0.2) is 8.11 Å². The molecule has 19 heavy (non-hydrogen) atoms. The quantitative estimate of drug-likeness (QED) is 0.502. The van der Waals surface area contributed by atoms with E-state index in [1.807, 2.05) is 0 Å². The second kappa shape index (κ2) is 7.52. The van der Waals surface area contributed by atoms with Crippen molar-refractivity contribution in [3.8, 4) is 0 Å². The van der Waals surface area contributed by atoms with E-state index < -0.39 is 8.11 Å². The van der Waals surface area contributed by atoms with E-state index in [-0.39, 0.29) is 0 Å². The summed E-state index contributed by atoms with van der Waals surface area (Å²) in [5.41, 5.74) is 2.81. The maximum Gasteiger partial charge on any atom is 0.166 e. The third-order valence-electron chi connectivity index (χ3n) is 3.42. The summed E-state index contributed by atoms with van der Waals surface area (Å²) in [6.45, 7) is 2.28. The second-order valence-corrected chi connectivity index (χ2v) is 8.57. The molecule has 0 amide bonds. The summed E-state index contributed by atoms with van der Waals surface area (Å²) in [7, 11) is -0.761. The van der Waals surface area contributed by atoms with Gasteiger partial charge in [0.1, 0.15) is 0 Å². The van der Waals surface area contributed by atoms with Crippen LogP contribution in [0.1, 0.15) is 24.0 Å². The number of hydrogen-bond acceptors (Lipinski definition) is 0. The Hall–Kier alpha value is -1.05. The van der Waals surface area contributed by atoms with Gasteiger partial charge in [0.05, 0.1) is 0 Å². The van der Waals surface area contributed by atoms with Gasteiger partial charge in [-0.2, -0.15) is 11.1 Å². The van der Waals surface area contributed by atoms with E-state index in [9.17, 15) is 0 Å². The average Bonchev–Trinajstić information content (AvgIpc) is 2.47. The Kier molecular flexibility index (Phi) is 5.68. The number of benzene rings is 2. The van der Waals surface area contributed by atoms with E-state index >= 15 is 0 Å². The maximum atomic E-state index is 6.58. The number of aryl methyl sites for hydroxylation is 1. The van der Waals surface area contributed by atoms with Crippen LogP contribution in [0, 0.1) is 0 Å². The molecule has 0 spiro atoms. The molecule has 2 aromatic carbocycles. The molecule has 2 rings (SSSR count). The van der Waals surface area contributed by atoms with Gasteiger partial charge in [0, 0.05) is 0 Å². The van der Waals surface area contributed by atoms with Crippen molar-refractivity contribution in [2.75, 3.05) is 0 Å². The van der Waals surface area contributed by atoms with Gasteiger partial charge >= 0.3 is 0 Å². The third-order valence-corrected chi connectivity index (χ3v) is 6.30. The van der Waals surface area contributed by atoms with Crippen LogP contribution >= 0.6 is 11.1 Å².